The quantitative estimate of drug-likeness (QED) is 0.455. The Balaban J connectivity index is 2.25. The fourth-order valence-corrected chi connectivity index (χ4v) is 3.58. The zero-order chi connectivity index (χ0) is 25.3. The number of nitrogens with one attached hydrogen (secondary N) is 1. The molecule has 0 aliphatic carbocycles. The average molecular weight is 489 g/mol. The first-order chi connectivity index (χ1) is 16.2. The minimum atomic E-state index is -1.10. The molecule has 0 heterocycles. The van der Waals surface area contributed by atoms with E-state index in [1.54, 1.807) is 44.2 Å². The number of hydrogen-bond donors (Lipinski definition) is 2. The zero-order valence-corrected chi connectivity index (χ0v) is 20.4. The molecule has 34 heavy (non-hydrogen) atoms. The number of nitriles is 1. The maximum Gasteiger partial charge on any atom is 0.333 e. The molecule has 0 spiro atoms. The molecule has 0 aromatic heterocycles. The van der Waals surface area contributed by atoms with Crippen molar-refractivity contribution in [2.24, 2.45) is 0 Å². The minimum absolute atomic E-state index is 0.0394. The summed E-state index contributed by atoms with van der Waals surface area (Å²) in [6.45, 7) is 6.07. The Bertz CT molecular complexity index is 1060. The molecule has 1 amide bonds. The van der Waals surface area contributed by atoms with Crippen LogP contribution in [0, 0.1) is 11.3 Å². The summed E-state index contributed by atoms with van der Waals surface area (Å²) in [5.41, 5.74) is 1.61. The second kappa shape index (κ2) is 12.8. The van der Waals surface area contributed by atoms with Gasteiger partial charge in [0.25, 0.3) is 5.91 Å². The second-order valence-corrected chi connectivity index (χ2v) is 8.24. The fraction of sp³-hybridized carbons (Fsp3) is 0.400. The first-order valence-corrected chi connectivity index (χ1v) is 11.3. The van der Waals surface area contributed by atoms with Gasteiger partial charge in [0, 0.05) is 18.5 Å². The zero-order valence-electron chi connectivity index (χ0n) is 19.7. The molecule has 0 radical (unpaired) electrons. The number of hydrogen-bond acceptors (Lipinski definition) is 6. The smallest absolute Gasteiger partial charge is 0.333 e. The van der Waals surface area contributed by atoms with Gasteiger partial charge in [-0.2, -0.15) is 5.26 Å². The first-order valence-electron chi connectivity index (χ1n) is 10.9. The van der Waals surface area contributed by atoms with Crippen molar-refractivity contribution in [2.75, 3.05) is 13.7 Å². The van der Waals surface area contributed by atoms with E-state index in [0.29, 0.717) is 29.2 Å². The van der Waals surface area contributed by atoms with Crippen LogP contribution in [0.2, 0.25) is 5.02 Å². The Kier molecular flexibility index (Phi) is 10.2. The average Bonchev–Trinajstić information content (AvgIpc) is 2.79. The maximum absolute atomic E-state index is 12.8. The van der Waals surface area contributed by atoms with Gasteiger partial charge in [-0.05, 0) is 50.1 Å². The van der Waals surface area contributed by atoms with Gasteiger partial charge >= 0.3 is 5.97 Å². The van der Waals surface area contributed by atoms with Crippen molar-refractivity contribution in [3.8, 4) is 17.6 Å². The van der Waals surface area contributed by atoms with Crippen molar-refractivity contribution < 1.29 is 28.9 Å². The van der Waals surface area contributed by atoms with Crippen LogP contribution in [-0.2, 0) is 22.5 Å². The molecule has 1 unspecified atom stereocenters. The van der Waals surface area contributed by atoms with Crippen LogP contribution in [0.4, 0.5) is 0 Å². The van der Waals surface area contributed by atoms with E-state index in [2.05, 4.69) is 11.4 Å². The Morgan fingerprint density at radius 1 is 1.24 bits per heavy atom. The Morgan fingerprint density at radius 3 is 2.53 bits per heavy atom. The number of benzene rings is 2. The minimum Gasteiger partial charge on any atom is -0.495 e. The molecule has 2 aromatic rings. The highest BCUT2D eigenvalue weighted by atomic mass is 35.5. The van der Waals surface area contributed by atoms with Crippen LogP contribution in [0.3, 0.4) is 0 Å². The van der Waals surface area contributed by atoms with Crippen molar-refractivity contribution in [2.45, 2.75) is 52.4 Å². The third-order valence-corrected chi connectivity index (χ3v) is 5.09. The van der Waals surface area contributed by atoms with Gasteiger partial charge < -0.3 is 24.6 Å². The van der Waals surface area contributed by atoms with E-state index < -0.39 is 18.0 Å². The molecular weight excluding hydrogens is 460 g/mol. The van der Waals surface area contributed by atoms with Crippen LogP contribution in [0.5, 0.6) is 11.5 Å². The number of carbonyl (C=O) groups excluding carboxylic acids is 1. The SMILES string of the molecule is CCCOc1ccc(C(=O)NCc2cc(CC(OC(C)C)C(=O)O)cc(C#N)c2OC)c(Cl)c1. The molecule has 0 saturated carbocycles. The number of carboxylic acids is 1. The summed E-state index contributed by atoms with van der Waals surface area (Å²) in [6.07, 6.45) is -0.452. The predicted octanol–water partition coefficient (Wildman–Crippen LogP) is 4.36. The van der Waals surface area contributed by atoms with Crippen molar-refractivity contribution >= 4 is 23.5 Å². The second-order valence-electron chi connectivity index (χ2n) is 7.84. The standard InChI is InChI=1S/C25H29ClN2O6/c1-5-8-33-19-6-7-20(21(26)12-19)24(29)28-14-18-10-16(9-17(13-27)23(18)32-4)11-22(25(30)31)34-15(2)3/h6-7,9-10,12,15,22H,5,8,11,14H2,1-4H3,(H,28,29)(H,30,31). The number of ether oxygens (including phenoxy) is 3. The lowest BCUT2D eigenvalue weighted by molar-refractivity contribution is -0.153. The molecule has 0 aliphatic rings. The van der Waals surface area contributed by atoms with Gasteiger partial charge in [0.2, 0.25) is 0 Å². The summed E-state index contributed by atoms with van der Waals surface area (Å²) < 4.78 is 16.4. The third kappa shape index (κ3) is 7.37. The molecule has 2 aromatic carbocycles. The van der Waals surface area contributed by atoms with Gasteiger partial charge in [-0.3, -0.25) is 4.79 Å². The predicted molar refractivity (Wildman–Crippen MR) is 127 cm³/mol. The molecular formula is C25H29ClN2O6. The molecule has 8 nitrogen and oxygen atoms in total. The van der Waals surface area contributed by atoms with Gasteiger partial charge in [0.15, 0.2) is 6.10 Å². The van der Waals surface area contributed by atoms with Gasteiger partial charge in [-0.15, -0.1) is 0 Å². The molecule has 0 fully saturated rings. The molecule has 2 N–H and O–H groups in total. The van der Waals surface area contributed by atoms with Gasteiger partial charge in [-0.1, -0.05) is 24.6 Å². The largest absolute Gasteiger partial charge is 0.495 e. The normalized spacial score (nSPS) is 11.6. The lowest BCUT2D eigenvalue weighted by Gasteiger charge is -2.18. The van der Waals surface area contributed by atoms with Crippen LogP contribution in [0.15, 0.2) is 30.3 Å². The van der Waals surface area contributed by atoms with Crippen LogP contribution < -0.4 is 14.8 Å². The van der Waals surface area contributed by atoms with Crippen molar-refractivity contribution in [3.05, 3.63) is 57.6 Å². The number of rotatable bonds is 12. The highest BCUT2D eigenvalue weighted by Gasteiger charge is 2.22. The molecule has 0 bridgehead atoms. The van der Waals surface area contributed by atoms with Crippen molar-refractivity contribution in [3.63, 3.8) is 0 Å². The summed E-state index contributed by atoms with van der Waals surface area (Å²) in [5.74, 6) is -0.630. The van der Waals surface area contributed by atoms with Gasteiger partial charge in [0.1, 0.15) is 17.6 Å². The van der Waals surface area contributed by atoms with Crippen LogP contribution in [-0.4, -0.2) is 42.9 Å². The topological polar surface area (TPSA) is 118 Å². The Morgan fingerprint density at radius 2 is 1.97 bits per heavy atom. The van der Waals surface area contributed by atoms with Gasteiger partial charge in [0.05, 0.1) is 36.0 Å². The number of carbonyl (C=O) groups is 2. The number of nitrogens with zero attached hydrogens (tertiary/aromatic N) is 1. The number of aliphatic carboxylic acids is 1. The van der Waals surface area contributed by atoms with E-state index in [1.165, 1.54) is 7.11 Å². The van der Waals surface area contributed by atoms with E-state index >= 15 is 0 Å². The number of halogens is 1. The van der Waals surface area contributed by atoms with Crippen LogP contribution in [0.25, 0.3) is 0 Å². The summed E-state index contributed by atoms with van der Waals surface area (Å²) in [5, 5.41) is 22.1. The number of carboxylic acid groups (broad SMARTS) is 1. The van der Waals surface area contributed by atoms with Gasteiger partial charge in [-0.25, -0.2) is 4.79 Å². The molecule has 182 valence electrons. The Labute approximate surface area is 204 Å². The highest BCUT2D eigenvalue weighted by Crippen LogP contribution is 2.27. The summed E-state index contributed by atoms with van der Waals surface area (Å²) >= 11 is 6.27. The summed E-state index contributed by atoms with van der Waals surface area (Å²) in [4.78, 5) is 24.3. The highest BCUT2D eigenvalue weighted by molar-refractivity contribution is 6.34. The van der Waals surface area contributed by atoms with Crippen LogP contribution in [0.1, 0.15) is 54.2 Å². The van der Waals surface area contributed by atoms with E-state index in [1.807, 2.05) is 6.92 Å². The molecule has 1 atom stereocenters. The van der Waals surface area contributed by atoms with E-state index in [0.717, 1.165) is 6.42 Å². The van der Waals surface area contributed by atoms with E-state index in [-0.39, 0.29) is 35.2 Å². The van der Waals surface area contributed by atoms with E-state index in [4.69, 9.17) is 25.8 Å². The lowest BCUT2D eigenvalue weighted by atomic mass is 9.99. The first kappa shape index (κ1) is 27.0. The number of amides is 1. The third-order valence-electron chi connectivity index (χ3n) is 4.78. The molecule has 9 heteroatoms. The van der Waals surface area contributed by atoms with E-state index in [9.17, 15) is 20.0 Å². The molecule has 2 rings (SSSR count). The van der Waals surface area contributed by atoms with Crippen molar-refractivity contribution in [1.82, 2.24) is 5.32 Å². The fourth-order valence-electron chi connectivity index (χ4n) is 3.32. The monoisotopic (exact) mass is 488 g/mol. The van der Waals surface area contributed by atoms with Crippen LogP contribution >= 0.6 is 11.6 Å². The molecule has 0 saturated heterocycles. The summed E-state index contributed by atoms with van der Waals surface area (Å²) in [7, 11) is 1.43. The Hall–Kier alpha value is -3.28. The molecule has 0 aliphatic heterocycles. The maximum atomic E-state index is 12.8. The van der Waals surface area contributed by atoms with Crippen molar-refractivity contribution in [1.29, 1.82) is 5.26 Å². The lowest BCUT2D eigenvalue weighted by Crippen LogP contribution is -2.29. The number of methoxy groups -OCH3 is 1. The summed E-state index contributed by atoms with van der Waals surface area (Å²) in [6, 6.07) is 10.2.